The number of nitrogens with two attached hydrogens (primary N) is 1. The lowest BCUT2D eigenvalue weighted by atomic mass is 9.95. The van der Waals surface area contributed by atoms with Gasteiger partial charge >= 0.3 is 0 Å². The molecule has 1 aliphatic rings. The van der Waals surface area contributed by atoms with Gasteiger partial charge in [0.25, 0.3) is 11.8 Å². The second-order valence-corrected chi connectivity index (χ2v) is 8.29. The van der Waals surface area contributed by atoms with Crippen LogP contribution in [0, 0.1) is 6.92 Å². The molecule has 0 aliphatic carbocycles. The largest absolute Gasteiger partial charge is 0.368 e. The summed E-state index contributed by atoms with van der Waals surface area (Å²) in [5.74, 6) is -1.79. The molecule has 1 aliphatic heterocycles. The minimum atomic E-state index is -0.889. The Kier molecular flexibility index (Phi) is 6.68. The highest BCUT2D eigenvalue weighted by Crippen LogP contribution is 2.22. The summed E-state index contributed by atoms with van der Waals surface area (Å²) in [6, 6.07) is 1.32. The highest BCUT2D eigenvalue weighted by Gasteiger charge is 2.38. The molecule has 0 bridgehead atoms. The molecule has 0 saturated carbocycles. The third-order valence-corrected chi connectivity index (χ3v) is 6.13. The Hall–Kier alpha value is -3.28. The summed E-state index contributed by atoms with van der Waals surface area (Å²) < 4.78 is 5.45. The maximum absolute atomic E-state index is 13.1. The molecule has 0 radical (unpaired) electrons. The predicted molar refractivity (Wildman–Crippen MR) is 112 cm³/mol. The lowest BCUT2D eigenvalue weighted by Gasteiger charge is -2.39. The number of rotatable bonds is 6. The van der Waals surface area contributed by atoms with E-state index in [1.54, 1.807) is 36.9 Å². The Labute approximate surface area is 183 Å². The summed E-state index contributed by atoms with van der Waals surface area (Å²) in [6.07, 6.45) is 2.42. The number of primary amides is 1. The van der Waals surface area contributed by atoms with Crippen LogP contribution in [-0.4, -0.2) is 67.4 Å². The Morgan fingerprint density at radius 2 is 2.06 bits per heavy atom. The third-order valence-electron chi connectivity index (χ3n) is 5.31. The third kappa shape index (κ3) is 4.90. The highest BCUT2D eigenvalue weighted by atomic mass is 32.1. The highest BCUT2D eigenvalue weighted by molar-refractivity contribution is 7.08. The second kappa shape index (κ2) is 9.25. The van der Waals surface area contributed by atoms with E-state index in [0.29, 0.717) is 22.7 Å². The Balaban J connectivity index is 1.79. The van der Waals surface area contributed by atoms with Crippen LogP contribution in [0.4, 0.5) is 0 Å². The van der Waals surface area contributed by atoms with Crippen LogP contribution >= 0.6 is 11.5 Å². The van der Waals surface area contributed by atoms with Gasteiger partial charge in [0.05, 0.1) is 5.69 Å². The lowest BCUT2D eigenvalue weighted by Crippen LogP contribution is -2.59. The maximum Gasteiger partial charge on any atom is 0.271 e. The Morgan fingerprint density at radius 3 is 2.65 bits per heavy atom. The molecule has 4 amide bonds. The predicted octanol–water partition coefficient (Wildman–Crippen LogP) is -0.422. The summed E-state index contributed by atoms with van der Waals surface area (Å²) >= 11 is 0.999. The van der Waals surface area contributed by atoms with Crippen molar-refractivity contribution in [3.05, 3.63) is 34.6 Å². The van der Waals surface area contributed by atoms with Crippen molar-refractivity contribution >= 4 is 35.2 Å². The van der Waals surface area contributed by atoms with Gasteiger partial charge in [-0.2, -0.15) is 0 Å². The molecular weight excluding hydrogens is 422 g/mol. The zero-order chi connectivity index (χ0) is 22.7. The van der Waals surface area contributed by atoms with Crippen molar-refractivity contribution in [3.8, 4) is 0 Å². The summed E-state index contributed by atoms with van der Waals surface area (Å²) in [4.78, 5) is 51.9. The van der Waals surface area contributed by atoms with Gasteiger partial charge in [-0.05, 0) is 50.4 Å². The molecule has 2 aromatic rings. The van der Waals surface area contributed by atoms with E-state index in [-0.39, 0.29) is 30.8 Å². The summed E-state index contributed by atoms with van der Waals surface area (Å²) in [6.45, 7) is 3.43. The van der Waals surface area contributed by atoms with Crippen LogP contribution in [0.15, 0.2) is 18.3 Å². The molecule has 11 nitrogen and oxygen atoms in total. The standard InChI is InChI=1S/C19H25N7O4S/c1-10-15(31-24-23-10)18(29)22-12-6-8-26(19(30)13-5-4-7-25(13)3)14(9-12)17(28)21-11(2)16(20)27/h4-5,7,11-12,14H,6,8-9H2,1-3H3,(H2,20,27)(H,21,28)(H,22,29)/t11-,12-,14+/m1/s1. The molecule has 31 heavy (non-hydrogen) atoms. The molecule has 1 saturated heterocycles. The fourth-order valence-electron chi connectivity index (χ4n) is 3.49. The van der Waals surface area contributed by atoms with E-state index in [1.165, 1.54) is 11.8 Å². The molecule has 2 aromatic heterocycles. The molecule has 0 spiro atoms. The van der Waals surface area contributed by atoms with Crippen molar-refractivity contribution in [1.29, 1.82) is 0 Å². The normalized spacial score (nSPS) is 19.5. The van der Waals surface area contributed by atoms with Gasteiger partial charge in [0, 0.05) is 25.8 Å². The summed E-state index contributed by atoms with van der Waals surface area (Å²) in [7, 11) is 1.75. The maximum atomic E-state index is 13.1. The van der Waals surface area contributed by atoms with Crippen LogP contribution in [0.1, 0.15) is 45.6 Å². The van der Waals surface area contributed by atoms with Crippen molar-refractivity contribution < 1.29 is 19.2 Å². The van der Waals surface area contributed by atoms with Crippen molar-refractivity contribution in [3.63, 3.8) is 0 Å². The number of aromatic nitrogens is 3. The molecule has 0 unspecified atom stereocenters. The zero-order valence-corrected chi connectivity index (χ0v) is 18.3. The fourth-order valence-corrected chi connectivity index (χ4v) is 4.05. The topological polar surface area (TPSA) is 152 Å². The first-order valence-corrected chi connectivity index (χ1v) is 10.6. The van der Waals surface area contributed by atoms with Gasteiger partial charge in [-0.1, -0.05) is 4.49 Å². The Bertz CT molecular complexity index is 1000. The zero-order valence-electron chi connectivity index (χ0n) is 17.5. The summed E-state index contributed by atoms with van der Waals surface area (Å²) in [5.41, 5.74) is 6.23. The molecule has 166 valence electrons. The van der Waals surface area contributed by atoms with E-state index in [9.17, 15) is 19.2 Å². The van der Waals surface area contributed by atoms with Crippen molar-refractivity contribution in [2.45, 2.75) is 44.8 Å². The van der Waals surface area contributed by atoms with E-state index < -0.39 is 23.9 Å². The molecule has 12 heteroatoms. The lowest BCUT2D eigenvalue weighted by molar-refractivity contribution is -0.131. The second-order valence-electron chi connectivity index (χ2n) is 7.53. The van der Waals surface area contributed by atoms with E-state index in [0.717, 1.165) is 11.5 Å². The van der Waals surface area contributed by atoms with Crippen LogP contribution in [0.2, 0.25) is 0 Å². The van der Waals surface area contributed by atoms with Gasteiger partial charge in [-0.25, -0.2) is 0 Å². The molecule has 3 rings (SSSR count). The first-order valence-electron chi connectivity index (χ1n) is 9.80. The van der Waals surface area contributed by atoms with Crippen LogP contribution < -0.4 is 16.4 Å². The van der Waals surface area contributed by atoms with E-state index in [2.05, 4.69) is 20.2 Å². The van der Waals surface area contributed by atoms with Crippen LogP contribution in [0.3, 0.4) is 0 Å². The van der Waals surface area contributed by atoms with Crippen LogP contribution in [0.25, 0.3) is 0 Å². The van der Waals surface area contributed by atoms with E-state index in [1.807, 2.05) is 0 Å². The monoisotopic (exact) mass is 447 g/mol. The number of carbonyl (C=O) groups excluding carboxylic acids is 4. The number of piperidine rings is 1. The SMILES string of the molecule is Cc1nnsc1C(=O)N[C@@H]1CCN(C(=O)c2cccn2C)[C@H](C(=O)N[C@H](C)C(N)=O)C1. The Morgan fingerprint density at radius 1 is 1.32 bits per heavy atom. The molecule has 1 fully saturated rings. The van der Waals surface area contributed by atoms with Crippen molar-refractivity contribution in [2.24, 2.45) is 12.8 Å². The molecular formula is C19H25N7O4S. The minimum absolute atomic E-state index is 0.199. The molecule has 3 heterocycles. The number of nitrogens with one attached hydrogen (secondary N) is 2. The quantitative estimate of drug-likeness (QED) is 0.547. The van der Waals surface area contributed by atoms with Crippen molar-refractivity contribution in [1.82, 2.24) is 29.7 Å². The van der Waals surface area contributed by atoms with Gasteiger partial charge < -0.3 is 25.8 Å². The van der Waals surface area contributed by atoms with Crippen LogP contribution in [-0.2, 0) is 16.6 Å². The van der Waals surface area contributed by atoms with Crippen molar-refractivity contribution in [2.75, 3.05) is 6.54 Å². The number of aryl methyl sites for hydroxylation is 2. The van der Waals surface area contributed by atoms with Gasteiger partial charge in [-0.15, -0.1) is 5.10 Å². The number of hydrogen-bond acceptors (Lipinski definition) is 7. The molecule has 4 N–H and O–H groups in total. The van der Waals surface area contributed by atoms with Gasteiger partial charge in [0.15, 0.2) is 0 Å². The minimum Gasteiger partial charge on any atom is -0.368 e. The smallest absolute Gasteiger partial charge is 0.271 e. The summed E-state index contributed by atoms with van der Waals surface area (Å²) in [5, 5.41) is 9.30. The average Bonchev–Trinajstić information content (AvgIpc) is 3.35. The average molecular weight is 448 g/mol. The van der Waals surface area contributed by atoms with E-state index >= 15 is 0 Å². The van der Waals surface area contributed by atoms with Gasteiger partial charge in [0.1, 0.15) is 22.7 Å². The molecule has 3 atom stereocenters. The first kappa shape index (κ1) is 22.4. The van der Waals surface area contributed by atoms with Gasteiger partial charge in [0.2, 0.25) is 11.8 Å². The van der Waals surface area contributed by atoms with E-state index in [4.69, 9.17) is 5.73 Å². The number of likely N-dealkylation sites (tertiary alicyclic amines) is 1. The number of nitrogens with zero attached hydrogens (tertiary/aromatic N) is 4. The number of carbonyl (C=O) groups is 4. The van der Waals surface area contributed by atoms with Crippen LogP contribution in [0.5, 0.6) is 0 Å². The van der Waals surface area contributed by atoms with Gasteiger partial charge in [-0.3, -0.25) is 19.2 Å². The number of amides is 4. The number of hydrogen-bond donors (Lipinski definition) is 3. The fraction of sp³-hybridized carbons (Fsp3) is 0.474. The first-order chi connectivity index (χ1) is 14.7. The molecule has 0 aromatic carbocycles.